The Kier molecular flexibility index (Phi) is 4.03. The van der Waals surface area contributed by atoms with Gasteiger partial charge in [-0.1, -0.05) is 0 Å². The first-order valence-electron chi connectivity index (χ1n) is 4.26. The lowest BCUT2D eigenvalue weighted by Gasteiger charge is -2.12. The fraction of sp³-hybridized carbons (Fsp3) is 0.333. The quantitative estimate of drug-likeness (QED) is 0.921. The van der Waals surface area contributed by atoms with Gasteiger partial charge in [0, 0.05) is 12.1 Å². The van der Waals surface area contributed by atoms with Crippen molar-refractivity contribution in [1.82, 2.24) is 0 Å². The molecule has 0 saturated heterocycles. The Hall–Kier alpha value is -0.950. The molecule has 0 aliphatic rings. The zero-order valence-corrected chi connectivity index (χ0v) is 11.5. The van der Waals surface area contributed by atoms with E-state index in [0.717, 1.165) is 6.26 Å². The van der Waals surface area contributed by atoms with Gasteiger partial charge in [-0.3, -0.25) is 4.72 Å². The Labute approximate surface area is 103 Å². The van der Waals surface area contributed by atoms with Crippen LogP contribution in [0.3, 0.4) is 0 Å². The van der Waals surface area contributed by atoms with Gasteiger partial charge in [0.2, 0.25) is 10.0 Å². The second-order valence-corrected chi connectivity index (χ2v) is 5.66. The van der Waals surface area contributed by atoms with E-state index in [0.29, 0.717) is 21.7 Å². The average Bonchev–Trinajstić information content (AvgIpc) is 2.18. The predicted molar refractivity (Wildman–Crippen MR) is 65.7 cm³/mol. The normalized spacial score (nSPS) is 11.0. The van der Waals surface area contributed by atoms with Gasteiger partial charge in [-0.25, -0.2) is 8.42 Å². The molecule has 7 heteroatoms. The molecule has 0 unspecified atom stereocenters. The second kappa shape index (κ2) is 4.92. The maximum Gasteiger partial charge on any atom is 0.229 e. The van der Waals surface area contributed by atoms with Crippen LogP contribution in [0.4, 0.5) is 5.69 Å². The van der Waals surface area contributed by atoms with Crippen molar-refractivity contribution in [3.8, 4) is 11.5 Å². The van der Waals surface area contributed by atoms with Gasteiger partial charge in [0.05, 0.1) is 30.6 Å². The zero-order valence-electron chi connectivity index (χ0n) is 9.07. The number of halogens is 1. The van der Waals surface area contributed by atoms with Crippen molar-refractivity contribution in [2.45, 2.75) is 0 Å². The molecule has 0 heterocycles. The summed E-state index contributed by atoms with van der Waals surface area (Å²) in [5.74, 6) is 0.935. The molecule has 1 aromatic carbocycles. The van der Waals surface area contributed by atoms with Crippen molar-refractivity contribution in [3.63, 3.8) is 0 Å². The highest BCUT2D eigenvalue weighted by molar-refractivity contribution is 9.10. The first-order valence-corrected chi connectivity index (χ1v) is 6.95. The molecule has 0 amide bonds. The minimum atomic E-state index is -3.35. The second-order valence-electron chi connectivity index (χ2n) is 3.06. The summed E-state index contributed by atoms with van der Waals surface area (Å²) in [4.78, 5) is 0. The molecule has 0 aromatic heterocycles. The van der Waals surface area contributed by atoms with Crippen LogP contribution in [-0.2, 0) is 10.0 Å². The van der Waals surface area contributed by atoms with E-state index in [-0.39, 0.29) is 0 Å². The Morgan fingerprint density at radius 2 is 1.75 bits per heavy atom. The summed E-state index contributed by atoms with van der Waals surface area (Å²) in [5.41, 5.74) is 0.338. The van der Waals surface area contributed by atoms with Crippen molar-refractivity contribution in [1.29, 1.82) is 0 Å². The van der Waals surface area contributed by atoms with E-state index in [2.05, 4.69) is 20.7 Å². The molecule has 0 atom stereocenters. The SMILES string of the molecule is COc1cc(NS(C)(=O)=O)c(OC)cc1Br. The van der Waals surface area contributed by atoms with E-state index >= 15 is 0 Å². The van der Waals surface area contributed by atoms with E-state index in [1.54, 1.807) is 12.1 Å². The van der Waals surface area contributed by atoms with Crippen molar-refractivity contribution in [2.75, 3.05) is 25.2 Å². The molecule has 0 bridgehead atoms. The summed E-state index contributed by atoms with van der Waals surface area (Å²) in [6.45, 7) is 0. The molecule has 0 aliphatic carbocycles. The molecule has 0 aliphatic heterocycles. The Bertz CT molecular complexity index is 487. The molecule has 1 N–H and O–H groups in total. The summed E-state index contributed by atoms with van der Waals surface area (Å²) in [6, 6.07) is 3.18. The fourth-order valence-corrected chi connectivity index (χ4v) is 2.18. The molecular weight excluding hydrogens is 298 g/mol. The van der Waals surface area contributed by atoms with Gasteiger partial charge in [-0.05, 0) is 15.9 Å². The number of methoxy groups -OCH3 is 2. The Morgan fingerprint density at radius 3 is 2.19 bits per heavy atom. The molecule has 0 fully saturated rings. The third-order valence-electron chi connectivity index (χ3n) is 1.77. The molecule has 1 rings (SSSR count). The predicted octanol–water partition coefficient (Wildman–Crippen LogP) is 1.84. The third-order valence-corrected chi connectivity index (χ3v) is 2.98. The Balaban J connectivity index is 3.25. The van der Waals surface area contributed by atoms with Crippen molar-refractivity contribution < 1.29 is 17.9 Å². The topological polar surface area (TPSA) is 64.6 Å². The first kappa shape index (κ1) is 13.1. The molecular formula is C9H12BrNO4S. The lowest BCUT2D eigenvalue weighted by Crippen LogP contribution is -2.10. The van der Waals surface area contributed by atoms with Crippen LogP contribution in [-0.4, -0.2) is 28.9 Å². The average molecular weight is 310 g/mol. The maximum absolute atomic E-state index is 11.1. The fourth-order valence-electron chi connectivity index (χ4n) is 1.14. The highest BCUT2D eigenvalue weighted by Crippen LogP contribution is 2.36. The lowest BCUT2D eigenvalue weighted by molar-refractivity contribution is 0.402. The summed E-state index contributed by atoms with van der Waals surface area (Å²) >= 11 is 3.28. The number of rotatable bonds is 4. The van der Waals surface area contributed by atoms with Crippen molar-refractivity contribution >= 4 is 31.6 Å². The molecule has 0 saturated carbocycles. The number of hydrogen-bond donors (Lipinski definition) is 1. The highest BCUT2D eigenvalue weighted by Gasteiger charge is 2.12. The molecule has 90 valence electrons. The zero-order chi connectivity index (χ0) is 12.3. The van der Waals surface area contributed by atoms with E-state index in [9.17, 15) is 8.42 Å². The van der Waals surface area contributed by atoms with Gasteiger partial charge in [0.15, 0.2) is 0 Å². The van der Waals surface area contributed by atoms with Crippen molar-refractivity contribution in [3.05, 3.63) is 16.6 Å². The number of anilines is 1. The van der Waals surface area contributed by atoms with Crippen LogP contribution >= 0.6 is 15.9 Å². The number of hydrogen-bond acceptors (Lipinski definition) is 4. The monoisotopic (exact) mass is 309 g/mol. The molecule has 5 nitrogen and oxygen atoms in total. The summed E-state index contributed by atoms with van der Waals surface area (Å²) in [5, 5.41) is 0. The lowest BCUT2D eigenvalue weighted by atomic mass is 10.3. The van der Waals surface area contributed by atoms with Gasteiger partial charge in [0.1, 0.15) is 11.5 Å². The van der Waals surface area contributed by atoms with Gasteiger partial charge in [-0.15, -0.1) is 0 Å². The minimum Gasteiger partial charge on any atom is -0.495 e. The summed E-state index contributed by atoms with van der Waals surface area (Å²) in [6.07, 6.45) is 1.07. The van der Waals surface area contributed by atoms with E-state index in [1.165, 1.54) is 14.2 Å². The van der Waals surface area contributed by atoms with Gasteiger partial charge in [-0.2, -0.15) is 0 Å². The highest BCUT2D eigenvalue weighted by atomic mass is 79.9. The van der Waals surface area contributed by atoms with E-state index < -0.39 is 10.0 Å². The van der Waals surface area contributed by atoms with Gasteiger partial charge >= 0.3 is 0 Å². The maximum atomic E-state index is 11.1. The first-order chi connectivity index (χ1) is 7.37. The molecule has 16 heavy (non-hydrogen) atoms. The van der Waals surface area contributed by atoms with E-state index in [1.807, 2.05) is 0 Å². The number of benzene rings is 1. The number of sulfonamides is 1. The summed E-state index contributed by atoms with van der Waals surface area (Å²) in [7, 11) is -0.392. The van der Waals surface area contributed by atoms with Gasteiger partial charge < -0.3 is 9.47 Å². The minimum absolute atomic E-state index is 0.338. The van der Waals surface area contributed by atoms with Crippen LogP contribution in [0.5, 0.6) is 11.5 Å². The third kappa shape index (κ3) is 3.28. The number of nitrogens with one attached hydrogen (secondary N) is 1. The van der Waals surface area contributed by atoms with Crippen LogP contribution in [0.2, 0.25) is 0 Å². The summed E-state index contributed by atoms with van der Waals surface area (Å²) < 4.78 is 35.4. The number of ether oxygens (including phenoxy) is 2. The van der Waals surface area contributed by atoms with Crippen LogP contribution in [0.25, 0.3) is 0 Å². The molecule has 1 aromatic rings. The van der Waals surface area contributed by atoms with Crippen LogP contribution in [0.15, 0.2) is 16.6 Å². The standard InChI is InChI=1S/C9H12BrNO4S/c1-14-8-5-7(11-16(3,12)13)9(15-2)4-6(8)10/h4-5,11H,1-3H3. The van der Waals surface area contributed by atoms with Crippen LogP contribution < -0.4 is 14.2 Å². The van der Waals surface area contributed by atoms with Crippen LogP contribution in [0.1, 0.15) is 0 Å². The molecule has 0 spiro atoms. The Morgan fingerprint density at radius 1 is 1.19 bits per heavy atom. The van der Waals surface area contributed by atoms with Crippen molar-refractivity contribution in [2.24, 2.45) is 0 Å². The largest absolute Gasteiger partial charge is 0.495 e. The van der Waals surface area contributed by atoms with Gasteiger partial charge in [0.25, 0.3) is 0 Å². The molecule has 0 radical (unpaired) electrons. The van der Waals surface area contributed by atoms with E-state index in [4.69, 9.17) is 9.47 Å². The smallest absolute Gasteiger partial charge is 0.229 e. The van der Waals surface area contributed by atoms with Crippen LogP contribution in [0, 0.1) is 0 Å².